The van der Waals surface area contributed by atoms with Crippen LogP contribution in [0.4, 0.5) is 10.1 Å². The SMILES string of the molecule is N#Cc1ccc(F)c(Br)c1N1C2=C(CCCC2=O)NC2=C1C(=O)CCC2. The number of ketones is 2. The Morgan fingerprint density at radius 3 is 2.15 bits per heavy atom. The normalized spacial score (nSPS) is 19.8. The van der Waals surface area contributed by atoms with Gasteiger partial charge in [-0.25, -0.2) is 4.39 Å². The highest BCUT2D eigenvalue weighted by Gasteiger charge is 2.40. The zero-order valence-electron chi connectivity index (χ0n) is 13.9. The third-order valence-corrected chi connectivity index (χ3v) is 5.68. The van der Waals surface area contributed by atoms with E-state index in [2.05, 4.69) is 27.3 Å². The molecule has 26 heavy (non-hydrogen) atoms. The Hall–Kier alpha value is -2.46. The monoisotopic (exact) mass is 415 g/mol. The average molecular weight is 416 g/mol. The van der Waals surface area contributed by atoms with E-state index in [9.17, 15) is 19.2 Å². The summed E-state index contributed by atoms with van der Waals surface area (Å²) in [7, 11) is 0. The van der Waals surface area contributed by atoms with Crippen LogP contribution in [0.1, 0.15) is 44.1 Å². The van der Waals surface area contributed by atoms with E-state index >= 15 is 0 Å². The summed E-state index contributed by atoms with van der Waals surface area (Å²) < 4.78 is 14.4. The summed E-state index contributed by atoms with van der Waals surface area (Å²) in [6, 6.07) is 4.63. The highest BCUT2D eigenvalue weighted by Crippen LogP contribution is 2.43. The first-order valence-corrected chi connectivity index (χ1v) is 9.30. The molecule has 1 N–H and O–H groups in total. The van der Waals surface area contributed by atoms with Crippen LogP contribution in [0, 0.1) is 17.1 Å². The summed E-state index contributed by atoms with van der Waals surface area (Å²) in [5, 5.41) is 12.8. The molecule has 0 saturated carbocycles. The van der Waals surface area contributed by atoms with Crippen LogP contribution in [0.3, 0.4) is 0 Å². The van der Waals surface area contributed by atoms with Crippen molar-refractivity contribution in [1.29, 1.82) is 5.26 Å². The van der Waals surface area contributed by atoms with Crippen LogP contribution in [0.15, 0.2) is 39.4 Å². The molecular weight excluding hydrogens is 401 g/mol. The molecule has 0 aromatic heterocycles. The van der Waals surface area contributed by atoms with E-state index in [0.717, 1.165) is 24.2 Å². The molecule has 1 heterocycles. The third-order valence-electron chi connectivity index (χ3n) is 4.92. The number of rotatable bonds is 1. The summed E-state index contributed by atoms with van der Waals surface area (Å²) in [4.78, 5) is 27.0. The number of nitrogens with zero attached hydrogens (tertiary/aromatic N) is 2. The van der Waals surface area contributed by atoms with E-state index in [4.69, 9.17) is 0 Å². The molecule has 0 spiro atoms. The van der Waals surface area contributed by atoms with E-state index in [0.29, 0.717) is 37.1 Å². The van der Waals surface area contributed by atoms with E-state index in [1.54, 1.807) is 0 Å². The van der Waals surface area contributed by atoms with Crippen molar-refractivity contribution in [1.82, 2.24) is 5.32 Å². The quantitative estimate of drug-likeness (QED) is 0.754. The Bertz CT molecular complexity index is 916. The van der Waals surface area contributed by atoms with Gasteiger partial charge in [0.15, 0.2) is 11.6 Å². The molecule has 1 aliphatic heterocycles. The Balaban J connectivity index is 2.03. The lowest BCUT2D eigenvalue weighted by atomic mass is 9.90. The Labute approximate surface area is 158 Å². The summed E-state index contributed by atoms with van der Waals surface area (Å²) in [6.07, 6.45) is 3.54. The van der Waals surface area contributed by atoms with Gasteiger partial charge < -0.3 is 5.32 Å². The van der Waals surface area contributed by atoms with Crippen LogP contribution in [-0.2, 0) is 9.59 Å². The second kappa shape index (κ2) is 6.36. The Morgan fingerprint density at radius 2 is 1.62 bits per heavy atom. The van der Waals surface area contributed by atoms with E-state index in [-0.39, 0.29) is 27.3 Å². The first kappa shape index (κ1) is 17.0. The second-order valence-electron chi connectivity index (χ2n) is 6.54. The molecule has 132 valence electrons. The number of hydrogen-bond donors (Lipinski definition) is 1. The second-order valence-corrected chi connectivity index (χ2v) is 7.33. The predicted octanol–water partition coefficient (Wildman–Crippen LogP) is 3.80. The molecular formula is C19H15BrFN3O2. The molecule has 0 saturated heterocycles. The van der Waals surface area contributed by atoms with Crippen LogP contribution in [0.5, 0.6) is 0 Å². The van der Waals surface area contributed by atoms with Crippen molar-refractivity contribution in [2.24, 2.45) is 0 Å². The maximum atomic E-state index is 14.3. The Morgan fingerprint density at radius 1 is 1.04 bits per heavy atom. The van der Waals surface area contributed by atoms with Gasteiger partial charge in [0.1, 0.15) is 23.3 Å². The number of nitriles is 1. The fraction of sp³-hybridized carbons (Fsp3) is 0.316. The smallest absolute Gasteiger partial charge is 0.181 e. The summed E-state index contributed by atoms with van der Waals surface area (Å²) >= 11 is 3.22. The van der Waals surface area contributed by atoms with Crippen LogP contribution in [-0.4, -0.2) is 11.6 Å². The van der Waals surface area contributed by atoms with Gasteiger partial charge in [0, 0.05) is 24.2 Å². The fourth-order valence-corrected chi connectivity index (χ4v) is 4.31. The van der Waals surface area contributed by atoms with Crippen molar-refractivity contribution < 1.29 is 14.0 Å². The average Bonchev–Trinajstić information content (AvgIpc) is 2.63. The first-order valence-electron chi connectivity index (χ1n) is 8.51. The highest BCUT2D eigenvalue weighted by atomic mass is 79.9. The van der Waals surface area contributed by atoms with Crippen molar-refractivity contribution >= 4 is 33.2 Å². The van der Waals surface area contributed by atoms with Gasteiger partial charge in [-0.1, -0.05) is 0 Å². The number of carbonyl (C=O) groups excluding carboxylic acids is 2. The molecule has 0 fully saturated rings. The predicted molar refractivity (Wildman–Crippen MR) is 96.2 cm³/mol. The molecule has 5 nitrogen and oxygen atoms in total. The maximum Gasteiger partial charge on any atom is 0.181 e. The van der Waals surface area contributed by atoms with E-state index < -0.39 is 5.82 Å². The number of anilines is 1. The molecule has 0 bridgehead atoms. The van der Waals surface area contributed by atoms with Crippen LogP contribution < -0.4 is 10.2 Å². The molecule has 3 aliphatic rings. The van der Waals surface area contributed by atoms with Gasteiger partial charge in [0.25, 0.3) is 0 Å². The number of Topliss-reactive ketones (excluding diaryl/α,β-unsaturated/α-hetero) is 2. The number of benzene rings is 1. The third kappa shape index (κ3) is 2.48. The van der Waals surface area contributed by atoms with E-state index in [1.165, 1.54) is 17.0 Å². The van der Waals surface area contributed by atoms with Gasteiger partial charge in [0.2, 0.25) is 0 Å². The minimum absolute atomic E-state index is 0.0777. The molecule has 0 radical (unpaired) electrons. The number of halogens is 2. The zero-order chi connectivity index (χ0) is 18.4. The van der Waals surface area contributed by atoms with Crippen molar-refractivity contribution in [3.8, 4) is 6.07 Å². The van der Waals surface area contributed by atoms with Crippen molar-refractivity contribution in [2.45, 2.75) is 38.5 Å². The van der Waals surface area contributed by atoms with Crippen LogP contribution in [0.25, 0.3) is 0 Å². The standard InChI is InChI=1S/C19H15BrFN3O2/c20-16-11(21)8-7-10(9-22)17(16)24-18-12(3-1-5-14(18)25)23-13-4-2-6-15(26)19(13)24/h7-8,23H,1-6H2. The van der Waals surface area contributed by atoms with Gasteiger partial charge in [-0.15, -0.1) is 0 Å². The lowest BCUT2D eigenvalue weighted by Crippen LogP contribution is -2.44. The zero-order valence-corrected chi connectivity index (χ0v) is 15.5. The Kier molecular flexibility index (Phi) is 4.16. The van der Waals surface area contributed by atoms with Crippen molar-refractivity contribution in [3.63, 3.8) is 0 Å². The van der Waals surface area contributed by atoms with Gasteiger partial charge in [-0.3, -0.25) is 14.5 Å². The van der Waals surface area contributed by atoms with Gasteiger partial charge in [-0.05, 0) is 53.7 Å². The van der Waals surface area contributed by atoms with Crippen molar-refractivity contribution in [2.75, 3.05) is 4.90 Å². The number of allylic oxidation sites excluding steroid dienone is 4. The number of hydrogen-bond acceptors (Lipinski definition) is 5. The topological polar surface area (TPSA) is 73.2 Å². The number of nitrogens with one attached hydrogen (secondary N) is 1. The largest absolute Gasteiger partial charge is 0.359 e. The summed E-state index contributed by atoms with van der Waals surface area (Å²) in [6.45, 7) is 0. The van der Waals surface area contributed by atoms with Gasteiger partial charge in [-0.2, -0.15) is 5.26 Å². The van der Waals surface area contributed by atoms with Crippen LogP contribution >= 0.6 is 15.9 Å². The molecule has 2 aliphatic carbocycles. The van der Waals surface area contributed by atoms with Gasteiger partial charge >= 0.3 is 0 Å². The molecule has 1 aromatic carbocycles. The number of carbonyl (C=O) groups is 2. The molecule has 0 atom stereocenters. The molecule has 0 amide bonds. The van der Waals surface area contributed by atoms with Crippen molar-refractivity contribution in [3.05, 3.63) is 50.8 Å². The maximum absolute atomic E-state index is 14.3. The summed E-state index contributed by atoms with van der Waals surface area (Å²) in [5.41, 5.74) is 2.63. The van der Waals surface area contributed by atoms with E-state index in [1.807, 2.05) is 0 Å². The van der Waals surface area contributed by atoms with Gasteiger partial charge in [0.05, 0.1) is 15.7 Å². The lowest BCUT2D eigenvalue weighted by molar-refractivity contribution is -0.116. The van der Waals surface area contributed by atoms with Crippen LogP contribution in [0.2, 0.25) is 0 Å². The lowest BCUT2D eigenvalue weighted by Gasteiger charge is -2.40. The highest BCUT2D eigenvalue weighted by molar-refractivity contribution is 9.10. The molecule has 1 aromatic rings. The minimum atomic E-state index is -0.548. The molecule has 4 rings (SSSR count). The summed E-state index contributed by atoms with van der Waals surface area (Å²) in [5.74, 6) is -0.763. The molecule has 0 unspecified atom stereocenters. The first-order chi connectivity index (χ1) is 12.5. The minimum Gasteiger partial charge on any atom is -0.359 e. The molecule has 7 heteroatoms. The fourth-order valence-electron chi connectivity index (χ4n) is 3.79.